The van der Waals surface area contributed by atoms with Crippen LogP contribution in [0.2, 0.25) is 0 Å². The lowest BCUT2D eigenvalue weighted by atomic mass is 10.1. The van der Waals surface area contributed by atoms with Gasteiger partial charge in [-0.05, 0) is 30.5 Å². The summed E-state index contributed by atoms with van der Waals surface area (Å²) >= 11 is 0. The number of nitrogens with one attached hydrogen (secondary N) is 4. The third kappa shape index (κ3) is 35.4. The van der Waals surface area contributed by atoms with Crippen molar-refractivity contribution in [2.45, 2.75) is 18.9 Å². The number of hydrogen-bond donors (Lipinski definition) is 4. The lowest BCUT2D eigenvalue weighted by molar-refractivity contribution is -0.132. The van der Waals surface area contributed by atoms with Crippen molar-refractivity contribution in [1.29, 1.82) is 0 Å². The normalized spacial score (nSPS) is 11.3. The maximum Gasteiger partial charge on any atom is 0.251 e. The summed E-state index contributed by atoms with van der Waals surface area (Å²) in [6.07, 6.45) is 2.35. The second-order valence-electron chi connectivity index (χ2n) is 12.6. The number of nitrogens with zero attached hydrogens (tertiary/aromatic N) is 1. The van der Waals surface area contributed by atoms with E-state index in [0.717, 1.165) is 5.56 Å². The van der Waals surface area contributed by atoms with E-state index in [1.165, 1.54) is 0 Å². The number of oxime groups is 1. The van der Waals surface area contributed by atoms with Gasteiger partial charge in [0, 0.05) is 46.5 Å². The SMILES string of the molecule is CNC(=O)c1ccc(/C=N\OCCCCNC(=O)COC(COCCOCCNC(=O)COCCOCCOC)COCCOCCNC(=O)COCCOCCOC)cc1. The molecule has 0 fully saturated rings. The van der Waals surface area contributed by atoms with E-state index in [2.05, 4.69) is 26.4 Å². The molecule has 0 saturated heterocycles. The van der Waals surface area contributed by atoms with Crippen molar-refractivity contribution in [3.63, 3.8) is 0 Å². The van der Waals surface area contributed by atoms with Crippen LogP contribution in [0.4, 0.5) is 0 Å². The number of ether oxygens (including phenoxy) is 11. The van der Waals surface area contributed by atoms with E-state index >= 15 is 0 Å². The van der Waals surface area contributed by atoms with Gasteiger partial charge in [-0.25, -0.2) is 0 Å². The molecule has 0 unspecified atom stereocenters. The number of carbonyl (C=O) groups is 4. The first-order valence-corrected chi connectivity index (χ1v) is 20.4. The van der Waals surface area contributed by atoms with E-state index in [1.54, 1.807) is 51.7 Å². The van der Waals surface area contributed by atoms with Crippen molar-refractivity contribution in [2.24, 2.45) is 5.16 Å². The zero-order valence-corrected chi connectivity index (χ0v) is 36.1. The molecular formula is C40H69N5O16. The smallest absolute Gasteiger partial charge is 0.251 e. The van der Waals surface area contributed by atoms with Crippen molar-refractivity contribution in [3.8, 4) is 0 Å². The van der Waals surface area contributed by atoms with Crippen LogP contribution in [-0.2, 0) is 71.3 Å². The van der Waals surface area contributed by atoms with Gasteiger partial charge >= 0.3 is 0 Å². The molecule has 350 valence electrons. The maximum absolute atomic E-state index is 12.5. The van der Waals surface area contributed by atoms with Gasteiger partial charge in [-0.1, -0.05) is 17.3 Å². The summed E-state index contributed by atoms with van der Waals surface area (Å²) in [4.78, 5) is 53.2. The molecule has 61 heavy (non-hydrogen) atoms. The summed E-state index contributed by atoms with van der Waals surface area (Å²) in [5, 5.41) is 14.8. The van der Waals surface area contributed by atoms with Crippen LogP contribution in [0.5, 0.6) is 0 Å². The molecular weight excluding hydrogens is 806 g/mol. The molecule has 1 rings (SSSR count). The summed E-state index contributed by atoms with van der Waals surface area (Å²) in [6.45, 7) is 6.32. The third-order valence-electron chi connectivity index (χ3n) is 7.67. The van der Waals surface area contributed by atoms with Gasteiger partial charge in [0.15, 0.2) is 0 Å². The Bertz CT molecular complexity index is 1220. The van der Waals surface area contributed by atoms with E-state index in [9.17, 15) is 19.2 Å². The predicted octanol–water partition coefficient (Wildman–Crippen LogP) is -0.664. The molecule has 0 radical (unpaired) electrons. The van der Waals surface area contributed by atoms with Crippen LogP contribution < -0.4 is 21.3 Å². The number of unbranched alkanes of at least 4 members (excludes halogenated alkanes) is 1. The van der Waals surface area contributed by atoms with Crippen LogP contribution in [0, 0.1) is 0 Å². The number of rotatable bonds is 43. The first kappa shape index (κ1) is 55.1. The molecule has 0 spiro atoms. The second kappa shape index (κ2) is 41.5. The topological polar surface area (TPSA) is 240 Å². The van der Waals surface area contributed by atoms with Gasteiger partial charge in [-0.15, -0.1) is 0 Å². The van der Waals surface area contributed by atoms with Gasteiger partial charge in [0.1, 0.15) is 32.5 Å². The van der Waals surface area contributed by atoms with Crippen LogP contribution in [0.15, 0.2) is 29.4 Å². The molecule has 0 aliphatic heterocycles. The van der Waals surface area contributed by atoms with Crippen LogP contribution in [0.3, 0.4) is 0 Å². The second-order valence-corrected chi connectivity index (χ2v) is 12.6. The number of benzene rings is 1. The Kier molecular flexibility index (Phi) is 37.5. The molecule has 1 aromatic carbocycles. The van der Waals surface area contributed by atoms with E-state index in [1.807, 2.05) is 0 Å². The Morgan fingerprint density at radius 3 is 1.52 bits per heavy atom. The summed E-state index contributed by atoms with van der Waals surface area (Å²) < 4.78 is 59.1. The van der Waals surface area contributed by atoms with Crippen LogP contribution in [0.25, 0.3) is 0 Å². The molecule has 0 aliphatic rings. The van der Waals surface area contributed by atoms with Crippen LogP contribution in [0.1, 0.15) is 28.8 Å². The number of hydrogen-bond acceptors (Lipinski definition) is 17. The average molecular weight is 876 g/mol. The van der Waals surface area contributed by atoms with Gasteiger partial charge in [-0.3, -0.25) is 19.2 Å². The molecule has 0 bridgehead atoms. The summed E-state index contributed by atoms with van der Waals surface area (Å²) in [7, 11) is 4.76. The van der Waals surface area contributed by atoms with E-state index < -0.39 is 6.10 Å². The fourth-order valence-electron chi connectivity index (χ4n) is 4.47. The first-order chi connectivity index (χ1) is 29.9. The highest BCUT2D eigenvalue weighted by atomic mass is 16.6. The van der Waals surface area contributed by atoms with Gasteiger partial charge in [-0.2, -0.15) is 0 Å². The van der Waals surface area contributed by atoms with Gasteiger partial charge < -0.3 is 78.2 Å². The predicted molar refractivity (Wildman–Crippen MR) is 222 cm³/mol. The van der Waals surface area contributed by atoms with E-state index in [0.29, 0.717) is 97.5 Å². The molecule has 0 heterocycles. The van der Waals surface area contributed by atoms with Crippen molar-refractivity contribution >= 4 is 29.8 Å². The van der Waals surface area contributed by atoms with E-state index in [4.69, 9.17) is 56.9 Å². The molecule has 21 nitrogen and oxygen atoms in total. The Labute approximate surface area is 359 Å². The molecule has 21 heteroatoms. The third-order valence-corrected chi connectivity index (χ3v) is 7.67. The van der Waals surface area contributed by atoms with Crippen LogP contribution in [-0.4, -0.2) is 209 Å². The Balaban J connectivity index is 2.28. The summed E-state index contributed by atoms with van der Waals surface area (Å²) in [5.74, 6) is -0.962. The first-order valence-electron chi connectivity index (χ1n) is 20.4. The molecule has 0 aliphatic carbocycles. The lowest BCUT2D eigenvalue weighted by Gasteiger charge is -2.18. The highest BCUT2D eigenvalue weighted by Gasteiger charge is 2.13. The Morgan fingerprint density at radius 2 is 1.00 bits per heavy atom. The molecule has 0 saturated carbocycles. The van der Waals surface area contributed by atoms with Crippen molar-refractivity contribution in [1.82, 2.24) is 21.3 Å². The summed E-state index contributed by atoms with van der Waals surface area (Å²) in [5.41, 5.74) is 1.35. The average Bonchev–Trinajstić information content (AvgIpc) is 3.27. The highest BCUT2D eigenvalue weighted by molar-refractivity contribution is 5.94. The fraction of sp³-hybridized carbons (Fsp3) is 0.725. The number of methoxy groups -OCH3 is 2. The zero-order chi connectivity index (χ0) is 44.3. The largest absolute Gasteiger partial charge is 0.396 e. The molecule has 1 aromatic rings. The molecule has 4 N–H and O–H groups in total. The maximum atomic E-state index is 12.5. The zero-order valence-electron chi connectivity index (χ0n) is 36.1. The summed E-state index contributed by atoms with van der Waals surface area (Å²) in [6, 6.07) is 6.95. The number of amides is 4. The minimum atomic E-state index is -0.550. The minimum Gasteiger partial charge on any atom is -0.396 e. The Hall–Kier alpha value is -3.87. The molecule has 4 amide bonds. The van der Waals surface area contributed by atoms with Crippen molar-refractivity contribution in [2.75, 3.05) is 173 Å². The molecule has 0 aromatic heterocycles. The van der Waals surface area contributed by atoms with Gasteiger partial charge in [0.2, 0.25) is 17.7 Å². The van der Waals surface area contributed by atoms with Gasteiger partial charge in [0.05, 0.1) is 112 Å². The minimum absolute atomic E-state index is 0.0720. The van der Waals surface area contributed by atoms with Crippen molar-refractivity contribution < 1.29 is 76.1 Å². The standard InChI is InChI=1S/C40H69N5O16/c1-41-40(49)35-8-6-34(7-9-35)28-45-61-13-5-4-10-42-39(48)33-60-36(29-56-24-20-52-14-11-43-37(46)31-58-26-22-54-18-16-50-2)30-57-25-21-53-15-12-44-38(47)32-59-27-23-55-19-17-51-3/h6-9,28,36H,4-5,10-27,29-33H2,1-3H3,(H,41,49)(H,42,48)(H,43,46)(H,44,47)/b45-28-. The Morgan fingerprint density at radius 1 is 0.541 bits per heavy atom. The quantitative estimate of drug-likeness (QED) is 0.0362. The lowest BCUT2D eigenvalue weighted by Crippen LogP contribution is -2.34. The molecule has 0 atom stereocenters. The van der Waals surface area contributed by atoms with E-state index in [-0.39, 0.29) is 96.3 Å². The highest BCUT2D eigenvalue weighted by Crippen LogP contribution is 2.03. The van der Waals surface area contributed by atoms with Crippen molar-refractivity contribution in [3.05, 3.63) is 35.4 Å². The fourth-order valence-corrected chi connectivity index (χ4v) is 4.47. The van der Waals surface area contributed by atoms with Gasteiger partial charge in [0.25, 0.3) is 5.91 Å². The monoisotopic (exact) mass is 875 g/mol. The number of carbonyl (C=O) groups excluding carboxylic acids is 4. The van der Waals surface area contributed by atoms with Crippen LogP contribution >= 0.6 is 0 Å².